The fraction of sp³-hybridized carbons (Fsp3) is 0.429. The number of hydrogen-bond donors (Lipinski definition) is 1. The van der Waals surface area contributed by atoms with Crippen LogP contribution in [-0.2, 0) is 0 Å². The van der Waals surface area contributed by atoms with Gasteiger partial charge in [-0.2, -0.15) is 0 Å². The first-order valence-electron chi connectivity index (χ1n) is 6.02. The summed E-state index contributed by atoms with van der Waals surface area (Å²) in [5.74, 6) is 0.000278. The second-order valence-corrected chi connectivity index (χ2v) is 5.08. The lowest BCUT2D eigenvalue weighted by molar-refractivity contribution is 0.0786. The van der Waals surface area contributed by atoms with Gasteiger partial charge >= 0.3 is 0 Å². The Labute approximate surface area is 114 Å². The van der Waals surface area contributed by atoms with Crippen LogP contribution in [0.15, 0.2) is 12.1 Å². The molecule has 0 atom stereocenters. The molecule has 0 aromatic heterocycles. The molecule has 0 radical (unpaired) electrons. The average Bonchev–Trinajstić information content (AvgIpc) is 2.23. The molecule has 4 heteroatoms. The summed E-state index contributed by atoms with van der Waals surface area (Å²) in [5, 5.41) is 0. The van der Waals surface area contributed by atoms with E-state index in [0.717, 1.165) is 16.7 Å². The van der Waals surface area contributed by atoms with Crippen molar-refractivity contribution in [2.45, 2.75) is 27.7 Å². The highest BCUT2D eigenvalue weighted by Gasteiger charge is 2.19. The predicted molar refractivity (Wildman–Crippen MR) is 79.0 cm³/mol. The number of carbonyl (C=O) groups is 1. The zero-order valence-corrected chi connectivity index (χ0v) is 12.2. The van der Waals surface area contributed by atoms with Gasteiger partial charge in [0, 0.05) is 12.1 Å². The van der Waals surface area contributed by atoms with E-state index in [1.165, 1.54) is 5.56 Å². The third kappa shape index (κ3) is 3.29. The van der Waals surface area contributed by atoms with Crippen LogP contribution in [0.1, 0.15) is 34.0 Å². The minimum Gasteiger partial charge on any atom is -0.392 e. The molecule has 1 rings (SSSR count). The molecule has 0 aliphatic carbocycles. The lowest BCUT2D eigenvalue weighted by Crippen LogP contribution is -2.38. The fourth-order valence-corrected chi connectivity index (χ4v) is 2.35. The molecule has 0 spiro atoms. The number of nitrogens with two attached hydrogens (primary N) is 1. The molecule has 0 unspecified atom stereocenters. The van der Waals surface area contributed by atoms with Crippen LogP contribution in [0.3, 0.4) is 0 Å². The van der Waals surface area contributed by atoms with Crippen molar-refractivity contribution in [3.63, 3.8) is 0 Å². The number of nitrogens with zero attached hydrogens (tertiary/aromatic N) is 1. The Kier molecular flexibility index (Phi) is 4.84. The van der Waals surface area contributed by atoms with Crippen molar-refractivity contribution < 1.29 is 4.79 Å². The van der Waals surface area contributed by atoms with Gasteiger partial charge in [-0.25, -0.2) is 0 Å². The third-order valence-electron chi connectivity index (χ3n) is 2.91. The highest BCUT2D eigenvalue weighted by molar-refractivity contribution is 7.80. The lowest BCUT2D eigenvalue weighted by Gasteiger charge is -2.22. The first-order valence-corrected chi connectivity index (χ1v) is 6.43. The molecule has 1 aromatic carbocycles. The normalized spacial score (nSPS) is 10.2. The fourth-order valence-electron chi connectivity index (χ4n) is 2.19. The number of amides is 1. The van der Waals surface area contributed by atoms with Crippen molar-refractivity contribution in [2.75, 3.05) is 13.1 Å². The number of thiocarbonyl (C=S) groups is 1. The van der Waals surface area contributed by atoms with E-state index in [2.05, 4.69) is 0 Å². The van der Waals surface area contributed by atoms with Gasteiger partial charge in [0.05, 0.1) is 11.5 Å². The van der Waals surface area contributed by atoms with Crippen molar-refractivity contribution >= 4 is 23.1 Å². The van der Waals surface area contributed by atoms with Crippen LogP contribution < -0.4 is 5.73 Å². The maximum absolute atomic E-state index is 12.5. The van der Waals surface area contributed by atoms with Crippen LogP contribution >= 0.6 is 12.2 Å². The number of likely N-dealkylation sites (N-methyl/N-ethyl adjacent to an activating group) is 1. The first-order chi connectivity index (χ1) is 8.36. The second-order valence-electron chi connectivity index (χ2n) is 4.56. The second kappa shape index (κ2) is 5.96. The van der Waals surface area contributed by atoms with Gasteiger partial charge in [-0.05, 0) is 38.8 Å². The number of aryl methyl sites for hydroxylation is 3. The number of benzene rings is 1. The molecule has 98 valence electrons. The van der Waals surface area contributed by atoms with Crippen LogP contribution in [0, 0.1) is 20.8 Å². The van der Waals surface area contributed by atoms with Gasteiger partial charge in [-0.1, -0.05) is 29.9 Å². The van der Waals surface area contributed by atoms with Gasteiger partial charge in [0.2, 0.25) is 0 Å². The monoisotopic (exact) mass is 264 g/mol. The molecule has 3 nitrogen and oxygen atoms in total. The molecule has 0 aliphatic heterocycles. The molecule has 1 aromatic rings. The van der Waals surface area contributed by atoms with Crippen molar-refractivity contribution in [1.82, 2.24) is 4.90 Å². The van der Waals surface area contributed by atoms with Gasteiger partial charge in [0.15, 0.2) is 0 Å². The van der Waals surface area contributed by atoms with E-state index in [1.807, 2.05) is 39.8 Å². The van der Waals surface area contributed by atoms with Crippen molar-refractivity contribution in [2.24, 2.45) is 5.73 Å². The van der Waals surface area contributed by atoms with Crippen LogP contribution in [-0.4, -0.2) is 28.9 Å². The Morgan fingerprint density at radius 2 is 1.78 bits per heavy atom. The molecular weight excluding hydrogens is 244 g/mol. The molecule has 0 fully saturated rings. The van der Waals surface area contributed by atoms with E-state index in [9.17, 15) is 4.79 Å². The van der Waals surface area contributed by atoms with Gasteiger partial charge in [-0.3, -0.25) is 4.79 Å². The molecule has 0 saturated carbocycles. The number of hydrogen-bond acceptors (Lipinski definition) is 2. The number of carbonyl (C=O) groups excluding carboxylic acids is 1. The summed E-state index contributed by atoms with van der Waals surface area (Å²) in [4.78, 5) is 14.5. The maximum Gasteiger partial charge on any atom is 0.254 e. The van der Waals surface area contributed by atoms with Gasteiger partial charge in [0.25, 0.3) is 5.91 Å². The average molecular weight is 264 g/mol. The topological polar surface area (TPSA) is 46.3 Å². The standard InChI is InChI=1S/C14H20N2OS/c1-5-16(8-12(15)18)14(17)13-10(3)6-9(2)7-11(13)4/h6-7H,5,8H2,1-4H3,(H2,15,18). The van der Waals surface area contributed by atoms with E-state index >= 15 is 0 Å². The summed E-state index contributed by atoms with van der Waals surface area (Å²) < 4.78 is 0. The van der Waals surface area contributed by atoms with Crippen LogP contribution in [0.25, 0.3) is 0 Å². The predicted octanol–water partition coefficient (Wildman–Crippen LogP) is 2.36. The molecule has 2 N–H and O–H groups in total. The van der Waals surface area contributed by atoms with Crippen molar-refractivity contribution in [3.8, 4) is 0 Å². The summed E-state index contributed by atoms with van der Waals surface area (Å²) in [6.07, 6.45) is 0. The quantitative estimate of drug-likeness (QED) is 0.849. The molecule has 18 heavy (non-hydrogen) atoms. The zero-order chi connectivity index (χ0) is 13.9. The van der Waals surface area contributed by atoms with Crippen LogP contribution in [0.2, 0.25) is 0 Å². The van der Waals surface area contributed by atoms with E-state index in [-0.39, 0.29) is 5.91 Å². The van der Waals surface area contributed by atoms with Crippen LogP contribution in [0.4, 0.5) is 0 Å². The zero-order valence-electron chi connectivity index (χ0n) is 11.4. The molecule has 0 saturated heterocycles. The molecular formula is C14H20N2OS. The van der Waals surface area contributed by atoms with Gasteiger partial charge in [-0.15, -0.1) is 0 Å². The summed E-state index contributed by atoms with van der Waals surface area (Å²) in [5.41, 5.74) is 9.45. The van der Waals surface area contributed by atoms with Crippen molar-refractivity contribution in [1.29, 1.82) is 0 Å². The van der Waals surface area contributed by atoms with Gasteiger partial charge in [0.1, 0.15) is 0 Å². The van der Waals surface area contributed by atoms with Gasteiger partial charge < -0.3 is 10.6 Å². The Balaban J connectivity index is 3.13. The van der Waals surface area contributed by atoms with E-state index < -0.39 is 0 Å². The molecule has 0 bridgehead atoms. The summed E-state index contributed by atoms with van der Waals surface area (Å²) >= 11 is 4.88. The maximum atomic E-state index is 12.5. The largest absolute Gasteiger partial charge is 0.392 e. The van der Waals surface area contributed by atoms with E-state index in [1.54, 1.807) is 4.90 Å². The summed E-state index contributed by atoms with van der Waals surface area (Å²) in [6.45, 7) is 8.81. The number of rotatable bonds is 4. The third-order valence-corrected chi connectivity index (χ3v) is 3.04. The highest BCUT2D eigenvalue weighted by Crippen LogP contribution is 2.18. The highest BCUT2D eigenvalue weighted by atomic mass is 32.1. The Morgan fingerprint density at radius 3 is 2.17 bits per heavy atom. The summed E-state index contributed by atoms with van der Waals surface area (Å²) in [7, 11) is 0. The first kappa shape index (κ1) is 14.6. The molecule has 0 aliphatic rings. The minimum atomic E-state index is 0.000278. The smallest absolute Gasteiger partial charge is 0.254 e. The van der Waals surface area contributed by atoms with E-state index in [4.69, 9.17) is 18.0 Å². The SMILES string of the molecule is CCN(CC(N)=S)C(=O)c1c(C)cc(C)cc1C. The molecule has 1 amide bonds. The Morgan fingerprint density at radius 1 is 1.28 bits per heavy atom. The Hall–Kier alpha value is -1.42. The Bertz CT molecular complexity index is 460. The molecule has 0 heterocycles. The minimum absolute atomic E-state index is 0.000278. The van der Waals surface area contributed by atoms with Crippen LogP contribution in [0.5, 0.6) is 0 Å². The van der Waals surface area contributed by atoms with E-state index in [0.29, 0.717) is 18.1 Å². The van der Waals surface area contributed by atoms with Crippen molar-refractivity contribution in [3.05, 3.63) is 34.4 Å². The lowest BCUT2D eigenvalue weighted by atomic mass is 9.99. The summed E-state index contributed by atoms with van der Waals surface area (Å²) in [6, 6.07) is 4.05.